The third-order valence-electron chi connectivity index (χ3n) is 3.73. The summed E-state index contributed by atoms with van der Waals surface area (Å²) in [6.07, 6.45) is 0. The summed E-state index contributed by atoms with van der Waals surface area (Å²) in [6, 6.07) is 13.5. The Bertz CT molecular complexity index is 741. The van der Waals surface area contributed by atoms with Crippen LogP contribution in [0, 0.1) is 13.8 Å². The van der Waals surface area contributed by atoms with Crippen molar-refractivity contribution in [1.82, 2.24) is 5.32 Å². The van der Waals surface area contributed by atoms with Crippen LogP contribution in [-0.4, -0.2) is 18.4 Å². The van der Waals surface area contributed by atoms with E-state index in [0.717, 1.165) is 22.4 Å². The Morgan fingerprint density at radius 3 is 2.46 bits per heavy atom. The van der Waals surface area contributed by atoms with Crippen LogP contribution in [0.1, 0.15) is 23.6 Å². The Morgan fingerprint density at radius 1 is 1.00 bits per heavy atom. The smallest absolute Gasteiger partial charge is 0.239 e. The summed E-state index contributed by atoms with van der Waals surface area (Å²) >= 11 is 0. The van der Waals surface area contributed by atoms with Gasteiger partial charge in [-0.1, -0.05) is 30.3 Å². The van der Waals surface area contributed by atoms with Crippen LogP contribution in [0.15, 0.2) is 42.5 Å². The molecule has 0 saturated carbocycles. The zero-order valence-corrected chi connectivity index (χ0v) is 14.3. The van der Waals surface area contributed by atoms with Crippen molar-refractivity contribution < 1.29 is 9.59 Å². The first-order valence-electron chi connectivity index (χ1n) is 7.89. The Balaban J connectivity index is 1.89. The fourth-order valence-corrected chi connectivity index (χ4v) is 2.33. The summed E-state index contributed by atoms with van der Waals surface area (Å²) in [7, 11) is 0. The van der Waals surface area contributed by atoms with Crippen LogP contribution in [0.3, 0.4) is 0 Å². The number of aryl methyl sites for hydroxylation is 2. The Morgan fingerprint density at radius 2 is 1.75 bits per heavy atom. The summed E-state index contributed by atoms with van der Waals surface area (Å²) in [4.78, 5) is 23.2. The van der Waals surface area contributed by atoms with E-state index in [0.29, 0.717) is 12.2 Å². The molecule has 0 bridgehead atoms. The van der Waals surface area contributed by atoms with Crippen molar-refractivity contribution in [2.24, 2.45) is 0 Å². The van der Waals surface area contributed by atoms with Crippen molar-refractivity contribution in [1.29, 1.82) is 0 Å². The average molecular weight is 325 g/mol. The van der Waals surface area contributed by atoms with E-state index in [-0.39, 0.29) is 18.4 Å². The van der Waals surface area contributed by atoms with E-state index < -0.39 is 0 Å². The van der Waals surface area contributed by atoms with Crippen molar-refractivity contribution in [3.05, 3.63) is 59.2 Å². The molecule has 0 spiro atoms. The van der Waals surface area contributed by atoms with Gasteiger partial charge in [-0.15, -0.1) is 0 Å². The van der Waals surface area contributed by atoms with E-state index in [1.165, 1.54) is 6.92 Å². The van der Waals surface area contributed by atoms with E-state index in [4.69, 9.17) is 0 Å². The first-order valence-corrected chi connectivity index (χ1v) is 7.89. The van der Waals surface area contributed by atoms with Crippen molar-refractivity contribution >= 4 is 23.2 Å². The van der Waals surface area contributed by atoms with Crippen LogP contribution in [0.2, 0.25) is 0 Å². The van der Waals surface area contributed by atoms with Gasteiger partial charge in [0, 0.05) is 24.8 Å². The first kappa shape index (κ1) is 17.5. The summed E-state index contributed by atoms with van der Waals surface area (Å²) in [5, 5.41) is 8.75. The van der Waals surface area contributed by atoms with Gasteiger partial charge in [0.05, 0.1) is 6.54 Å². The quantitative estimate of drug-likeness (QED) is 0.764. The van der Waals surface area contributed by atoms with E-state index >= 15 is 0 Å². The number of benzene rings is 2. The Hall–Kier alpha value is -2.82. The predicted octanol–water partition coefficient (Wildman–Crippen LogP) is 2.99. The van der Waals surface area contributed by atoms with Gasteiger partial charge in [0.2, 0.25) is 11.8 Å². The standard InChI is InChI=1S/C19H23N3O2/c1-13-6-4-5-7-16(13)11-21-19(24)12-20-18-10-17(22-15(3)23)9-8-14(18)2/h4-10,20H,11-12H2,1-3H3,(H,21,24)(H,22,23). The van der Waals surface area contributed by atoms with E-state index in [1.54, 1.807) is 0 Å². The predicted molar refractivity (Wildman–Crippen MR) is 97.0 cm³/mol. The Kier molecular flexibility index (Phi) is 5.95. The molecule has 2 aromatic carbocycles. The third-order valence-corrected chi connectivity index (χ3v) is 3.73. The van der Waals surface area contributed by atoms with E-state index in [1.807, 2.05) is 56.3 Å². The van der Waals surface area contributed by atoms with Crippen LogP contribution in [0.5, 0.6) is 0 Å². The van der Waals surface area contributed by atoms with Crippen LogP contribution < -0.4 is 16.0 Å². The van der Waals surface area contributed by atoms with Crippen molar-refractivity contribution in [3.8, 4) is 0 Å². The largest absolute Gasteiger partial charge is 0.376 e. The van der Waals surface area contributed by atoms with E-state index in [2.05, 4.69) is 16.0 Å². The first-order chi connectivity index (χ1) is 11.5. The lowest BCUT2D eigenvalue weighted by Gasteiger charge is -2.12. The van der Waals surface area contributed by atoms with Crippen LogP contribution >= 0.6 is 0 Å². The molecular formula is C19H23N3O2. The number of carbonyl (C=O) groups excluding carboxylic acids is 2. The molecule has 5 heteroatoms. The molecule has 2 amide bonds. The minimum Gasteiger partial charge on any atom is -0.376 e. The molecule has 0 aliphatic rings. The van der Waals surface area contributed by atoms with Gasteiger partial charge in [0.15, 0.2) is 0 Å². The van der Waals surface area contributed by atoms with Crippen molar-refractivity contribution in [2.45, 2.75) is 27.3 Å². The molecule has 3 N–H and O–H groups in total. The molecule has 0 radical (unpaired) electrons. The van der Waals surface area contributed by atoms with Crippen LogP contribution in [-0.2, 0) is 16.1 Å². The zero-order valence-electron chi connectivity index (χ0n) is 14.3. The normalized spacial score (nSPS) is 10.1. The van der Waals surface area contributed by atoms with Gasteiger partial charge >= 0.3 is 0 Å². The maximum absolute atomic E-state index is 12.0. The number of hydrogen-bond acceptors (Lipinski definition) is 3. The number of hydrogen-bond donors (Lipinski definition) is 3. The van der Waals surface area contributed by atoms with Gasteiger partial charge in [-0.2, -0.15) is 0 Å². The molecular weight excluding hydrogens is 302 g/mol. The lowest BCUT2D eigenvalue weighted by Crippen LogP contribution is -2.29. The molecule has 2 aromatic rings. The summed E-state index contributed by atoms with van der Waals surface area (Å²) in [5.41, 5.74) is 4.80. The minimum atomic E-state index is -0.124. The SMILES string of the molecule is CC(=O)Nc1ccc(C)c(NCC(=O)NCc2ccccc2C)c1. The molecule has 5 nitrogen and oxygen atoms in total. The molecule has 0 fully saturated rings. The summed E-state index contributed by atoms with van der Waals surface area (Å²) in [6.45, 7) is 6.13. The fourth-order valence-electron chi connectivity index (χ4n) is 2.33. The highest BCUT2D eigenvalue weighted by atomic mass is 16.2. The minimum absolute atomic E-state index is 0.0809. The molecule has 24 heavy (non-hydrogen) atoms. The number of rotatable bonds is 6. The van der Waals surface area contributed by atoms with Crippen molar-refractivity contribution in [3.63, 3.8) is 0 Å². The molecule has 0 unspecified atom stereocenters. The Labute approximate surface area is 142 Å². The highest BCUT2D eigenvalue weighted by Crippen LogP contribution is 2.20. The zero-order chi connectivity index (χ0) is 17.5. The highest BCUT2D eigenvalue weighted by Gasteiger charge is 2.06. The molecule has 0 aliphatic carbocycles. The molecule has 0 aliphatic heterocycles. The fraction of sp³-hybridized carbons (Fsp3) is 0.263. The highest BCUT2D eigenvalue weighted by molar-refractivity contribution is 5.89. The molecule has 0 saturated heterocycles. The lowest BCUT2D eigenvalue weighted by molar-refractivity contribution is -0.119. The number of carbonyl (C=O) groups is 2. The van der Waals surface area contributed by atoms with E-state index in [9.17, 15) is 9.59 Å². The second-order valence-corrected chi connectivity index (χ2v) is 5.77. The van der Waals surface area contributed by atoms with Gasteiger partial charge in [0.25, 0.3) is 0 Å². The second kappa shape index (κ2) is 8.15. The van der Waals surface area contributed by atoms with Crippen molar-refractivity contribution in [2.75, 3.05) is 17.2 Å². The summed E-state index contributed by atoms with van der Waals surface area (Å²) < 4.78 is 0. The molecule has 2 rings (SSSR count). The summed E-state index contributed by atoms with van der Waals surface area (Å²) in [5.74, 6) is -0.205. The van der Waals surface area contributed by atoms with Crippen LogP contribution in [0.25, 0.3) is 0 Å². The number of anilines is 2. The molecule has 0 heterocycles. The lowest BCUT2D eigenvalue weighted by atomic mass is 10.1. The van der Waals surface area contributed by atoms with Gasteiger partial charge in [-0.3, -0.25) is 9.59 Å². The number of nitrogens with one attached hydrogen (secondary N) is 3. The molecule has 0 atom stereocenters. The topological polar surface area (TPSA) is 70.2 Å². The second-order valence-electron chi connectivity index (χ2n) is 5.77. The van der Waals surface area contributed by atoms with Gasteiger partial charge in [-0.25, -0.2) is 0 Å². The third kappa shape index (κ3) is 5.12. The van der Waals surface area contributed by atoms with Gasteiger partial charge < -0.3 is 16.0 Å². The monoisotopic (exact) mass is 325 g/mol. The molecule has 126 valence electrons. The van der Waals surface area contributed by atoms with Gasteiger partial charge in [0.1, 0.15) is 0 Å². The van der Waals surface area contributed by atoms with Crippen LogP contribution in [0.4, 0.5) is 11.4 Å². The maximum atomic E-state index is 12.0. The average Bonchev–Trinajstić information content (AvgIpc) is 2.54. The maximum Gasteiger partial charge on any atom is 0.239 e. The molecule has 0 aromatic heterocycles. The van der Waals surface area contributed by atoms with Gasteiger partial charge in [-0.05, 0) is 42.7 Å². The number of amides is 2.